The first kappa shape index (κ1) is 18.2. The van der Waals surface area contributed by atoms with Crippen LogP contribution >= 0.6 is 0 Å². The van der Waals surface area contributed by atoms with Crippen molar-refractivity contribution in [3.8, 4) is 0 Å². The molecule has 1 aromatic heterocycles. The standard InChI is InChI=1S/C20H20FN3O4/c21-16-6-5-14(9-17(16)23-19(26)12-3-4-12)22-20(27)13-8-18(25)24(10-13)11-15-2-1-7-28-15/h1-2,5-7,9,12-13H,3-4,8,10-11H2,(H,22,27)(H,23,26)/t13-/m1/s1. The van der Waals surface area contributed by atoms with E-state index in [1.54, 1.807) is 17.0 Å². The highest BCUT2D eigenvalue weighted by molar-refractivity contribution is 5.98. The summed E-state index contributed by atoms with van der Waals surface area (Å²) < 4.78 is 19.2. The highest BCUT2D eigenvalue weighted by Gasteiger charge is 2.35. The van der Waals surface area contributed by atoms with Gasteiger partial charge in [0.05, 0.1) is 24.4 Å². The van der Waals surface area contributed by atoms with E-state index in [9.17, 15) is 18.8 Å². The van der Waals surface area contributed by atoms with E-state index in [2.05, 4.69) is 10.6 Å². The van der Waals surface area contributed by atoms with Gasteiger partial charge in [-0.05, 0) is 43.2 Å². The maximum absolute atomic E-state index is 13.9. The molecule has 146 valence electrons. The zero-order valence-electron chi connectivity index (χ0n) is 15.1. The van der Waals surface area contributed by atoms with Crippen LogP contribution in [-0.4, -0.2) is 29.2 Å². The first-order valence-electron chi connectivity index (χ1n) is 9.21. The summed E-state index contributed by atoms with van der Waals surface area (Å²) in [6.07, 6.45) is 3.27. The normalized spacial score (nSPS) is 19.0. The van der Waals surface area contributed by atoms with E-state index in [4.69, 9.17) is 4.42 Å². The fourth-order valence-corrected chi connectivity index (χ4v) is 3.21. The molecule has 1 aliphatic heterocycles. The molecule has 1 saturated heterocycles. The molecular weight excluding hydrogens is 365 g/mol. The van der Waals surface area contributed by atoms with Crippen molar-refractivity contribution in [3.63, 3.8) is 0 Å². The van der Waals surface area contributed by atoms with E-state index < -0.39 is 11.7 Å². The molecule has 7 nitrogen and oxygen atoms in total. The molecule has 4 rings (SSSR count). The number of benzene rings is 1. The van der Waals surface area contributed by atoms with Crippen molar-refractivity contribution in [1.29, 1.82) is 0 Å². The average Bonchev–Trinajstić information content (AvgIpc) is 3.28. The van der Waals surface area contributed by atoms with E-state index in [1.165, 1.54) is 24.5 Å². The predicted molar refractivity (Wildman–Crippen MR) is 98.6 cm³/mol. The summed E-state index contributed by atoms with van der Waals surface area (Å²) in [6, 6.07) is 7.54. The van der Waals surface area contributed by atoms with Gasteiger partial charge in [0.15, 0.2) is 0 Å². The molecule has 2 aliphatic rings. The minimum absolute atomic E-state index is 0.0386. The average molecular weight is 385 g/mol. The Bertz CT molecular complexity index is 908. The van der Waals surface area contributed by atoms with E-state index >= 15 is 0 Å². The van der Waals surface area contributed by atoms with Gasteiger partial charge in [0.2, 0.25) is 17.7 Å². The van der Waals surface area contributed by atoms with E-state index in [0.29, 0.717) is 18.0 Å². The molecule has 1 aromatic carbocycles. The summed E-state index contributed by atoms with van der Waals surface area (Å²) in [7, 11) is 0. The van der Waals surface area contributed by atoms with E-state index in [0.717, 1.165) is 12.8 Å². The second-order valence-corrected chi connectivity index (χ2v) is 7.20. The Labute approximate surface area is 160 Å². The number of nitrogens with one attached hydrogen (secondary N) is 2. The molecular formula is C20H20FN3O4. The lowest BCUT2D eigenvalue weighted by Crippen LogP contribution is -2.28. The molecule has 8 heteroatoms. The highest BCUT2D eigenvalue weighted by Crippen LogP contribution is 2.31. The summed E-state index contributed by atoms with van der Waals surface area (Å²) in [5.41, 5.74) is 0.408. The molecule has 28 heavy (non-hydrogen) atoms. The number of rotatable bonds is 6. The molecule has 2 aromatic rings. The Balaban J connectivity index is 1.38. The number of nitrogens with zero attached hydrogens (tertiary/aromatic N) is 1. The van der Waals surface area contributed by atoms with Gasteiger partial charge in [-0.3, -0.25) is 14.4 Å². The van der Waals surface area contributed by atoms with Crippen LogP contribution in [0, 0.1) is 17.7 Å². The number of anilines is 2. The van der Waals surface area contributed by atoms with Gasteiger partial charge >= 0.3 is 0 Å². The van der Waals surface area contributed by atoms with Crippen LogP contribution in [0.1, 0.15) is 25.0 Å². The zero-order valence-corrected chi connectivity index (χ0v) is 15.1. The van der Waals surface area contributed by atoms with Crippen LogP contribution in [0.4, 0.5) is 15.8 Å². The molecule has 0 bridgehead atoms. The Kier molecular flexibility index (Phi) is 4.85. The number of hydrogen-bond acceptors (Lipinski definition) is 4. The van der Waals surface area contributed by atoms with E-state index in [-0.39, 0.29) is 42.3 Å². The van der Waals surface area contributed by atoms with Gasteiger partial charge in [-0.2, -0.15) is 0 Å². The van der Waals surface area contributed by atoms with Gasteiger partial charge in [-0.25, -0.2) is 4.39 Å². The minimum atomic E-state index is -0.562. The first-order valence-corrected chi connectivity index (χ1v) is 9.21. The lowest BCUT2D eigenvalue weighted by atomic mass is 10.1. The molecule has 0 unspecified atom stereocenters. The quantitative estimate of drug-likeness (QED) is 0.800. The van der Waals surface area contributed by atoms with Crippen molar-refractivity contribution >= 4 is 29.1 Å². The SMILES string of the molecule is O=C(Nc1cc(NC(=O)[C@@H]2CC(=O)N(Cc3ccco3)C2)ccc1F)C1CC1. The van der Waals surface area contributed by atoms with Crippen LogP contribution in [0.25, 0.3) is 0 Å². The fraction of sp³-hybridized carbons (Fsp3) is 0.350. The van der Waals surface area contributed by atoms with Crippen LogP contribution in [0.15, 0.2) is 41.0 Å². The molecule has 0 radical (unpaired) electrons. The topological polar surface area (TPSA) is 91.7 Å². The third-order valence-corrected chi connectivity index (χ3v) is 4.95. The Hall–Kier alpha value is -3.16. The van der Waals surface area contributed by atoms with Gasteiger partial charge < -0.3 is 20.0 Å². The molecule has 1 atom stereocenters. The number of carbonyl (C=O) groups excluding carboxylic acids is 3. The summed E-state index contributed by atoms with van der Waals surface area (Å²) >= 11 is 0. The molecule has 1 saturated carbocycles. The van der Waals surface area contributed by atoms with Crippen molar-refractivity contribution in [2.45, 2.75) is 25.8 Å². The van der Waals surface area contributed by atoms with Crippen LogP contribution in [0.5, 0.6) is 0 Å². The smallest absolute Gasteiger partial charge is 0.229 e. The predicted octanol–water partition coefficient (Wildman–Crippen LogP) is 2.75. The lowest BCUT2D eigenvalue weighted by molar-refractivity contribution is -0.128. The number of hydrogen-bond donors (Lipinski definition) is 2. The van der Waals surface area contributed by atoms with Crippen molar-refractivity contribution in [2.24, 2.45) is 11.8 Å². The maximum Gasteiger partial charge on any atom is 0.229 e. The second-order valence-electron chi connectivity index (χ2n) is 7.20. The summed E-state index contributed by atoms with van der Waals surface area (Å²) in [5, 5.41) is 5.27. The summed E-state index contributed by atoms with van der Waals surface area (Å²) in [5.74, 6) is -1.11. The van der Waals surface area contributed by atoms with Crippen molar-refractivity contribution in [1.82, 2.24) is 4.90 Å². The Morgan fingerprint density at radius 1 is 1.14 bits per heavy atom. The van der Waals surface area contributed by atoms with Crippen LogP contribution in [0.2, 0.25) is 0 Å². The molecule has 2 fully saturated rings. The van der Waals surface area contributed by atoms with Crippen molar-refractivity contribution in [2.75, 3.05) is 17.2 Å². The monoisotopic (exact) mass is 385 g/mol. The molecule has 2 N–H and O–H groups in total. The molecule has 3 amide bonds. The van der Waals surface area contributed by atoms with Gasteiger partial charge in [0, 0.05) is 24.6 Å². The Morgan fingerprint density at radius 2 is 1.93 bits per heavy atom. The van der Waals surface area contributed by atoms with E-state index in [1.807, 2.05) is 0 Å². The van der Waals surface area contributed by atoms with Gasteiger partial charge in [-0.1, -0.05) is 0 Å². The number of likely N-dealkylation sites (tertiary alicyclic amines) is 1. The lowest BCUT2D eigenvalue weighted by Gasteiger charge is -2.15. The largest absolute Gasteiger partial charge is 0.467 e. The number of amides is 3. The van der Waals surface area contributed by atoms with Gasteiger partial charge in [-0.15, -0.1) is 0 Å². The third kappa shape index (κ3) is 4.05. The molecule has 2 heterocycles. The molecule has 1 aliphatic carbocycles. The summed E-state index contributed by atoms with van der Waals surface area (Å²) in [4.78, 5) is 38.2. The van der Waals surface area contributed by atoms with Crippen LogP contribution < -0.4 is 10.6 Å². The fourth-order valence-electron chi connectivity index (χ4n) is 3.21. The van der Waals surface area contributed by atoms with Gasteiger partial charge in [0.25, 0.3) is 0 Å². The number of carbonyl (C=O) groups is 3. The van der Waals surface area contributed by atoms with Crippen molar-refractivity contribution in [3.05, 3.63) is 48.2 Å². The highest BCUT2D eigenvalue weighted by atomic mass is 19.1. The second kappa shape index (κ2) is 7.46. The number of halogens is 1. The number of furan rings is 1. The zero-order chi connectivity index (χ0) is 19.7. The molecule has 0 spiro atoms. The third-order valence-electron chi connectivity index (χ3n) is 4.95. The van der Waals surface area contributed by atoms with Crippen LogP contribution in [0.3, 0.4) is 0 Å². The van der Waals surface area contributed by atoms with Crippen molar-refractivity contribution < 1.29 is 23.2 Å². The van der Waals surface area contributed by atoms with Gasteiger partial charge in [0.1, 0.15) is 11.6 Å². The van der Waals surface area contributed by atoms with Crippen LogP contribution in [-0.2, 0) is 20.9 Å². The summed E-state index contributed by atoms with van der Waals surface area (Å²) in [6.45, 7) is 0.612. The minimum Gasteiger partial charge on any atom is -0.467 e. The first-order chi connectivity index (χ1) is 13.5. The maximum atomic E-state index is 13.9. The Morgan fingerprint density at radius 3 is 2.64 bits per heavy atom.